The lowest BCUT2D eigenvalue weighted by Gasteiger charge is -2.31. The molecule has 1 aliphatic carbocycles. The monoisotopic (exact) mass is 142 g/mol. The van der Waals surface area contributed by atoms with E-state index in [1.165, 1.54) is 13.0 Å². The average molecular weight is 142 g/mol. The Kier molecular flexibility index (Phi) is 2.14. The Morgan fingerprint density at radius 1 is 1.70 bits per heavy atom. The minimum Gasteiger partial charge on any atom is -0.453 e. The molecule has 0 aromatic rings. The van der Waals surface area contributed by atoms with Gasteiger partial charge in [-0.15, -0.1) is 0 Å². The lowest BCUT2D eigenvalue weighted by molar-refractivity contribution is 0.162. The molecule has 0 spiro atoms. The second-order valence-electron chi connectivity index (χ2n) is 2.70. The zero-order chi connectivity index (χ0) is 7.56. The molecule has 3 nitrogen and oxygen atoms in total. The van der Waals surface area contributed by atoms with Crippen molar-refractivity contribution in [1.29, 1.82) is 0 Å². The van der Waals surface area contributed by atoms with Gasteiger partial charge < -0.3 is 10.1 Å². The summed E-state index contributed by atoms with van der Waals surface area (Å²) in [5.74, 6) is 1.45. The molecule has 0 saturated heterocycles. The molecule has 0 aliphatic heterocycles. The first kappa shape index (κ1) is 7.38. The highest BCUT2D eigenvalue weighted by molar-refractivity contribution is 5.67. The lowest BCUT2D eigenvalue weighted by atomic mass is 9.82. The first-order valence-corrected chi connectivity index (χ1v) is 3.38. The topological polar surface area (TPSA) is 38.3 Å². The van der Waals surface area contributed by atoms with Gasteiger partial charge in [0.05, 0.1) is 7.11 Å². The van der Waals surface area contributed by atoms with Crippen LogP contribution in [0.1, 0.15) is 19.8 Å². The van der Waals surface area contributed by atoms with Crippen LogP contribution in [-0.2, 0) is 4.74 Å². The highest BCUT2D eigenvalue weighted by atomic mass is 16.5. The van der Waals surface area contributed by atoms with Crippen molar-refractivity contribution in [2.75, 3.05) is 7.11 Å². The van der Waals surface area contributed by atoms with Gasteiger partial charge >= 0.3 is 6.09 Å². The molecule has 1 radical (unpaired) electrons. The van der Waals surface area contributed by atoms with Gasteiger partial charge in [0.15, 0.2) is 0 Å². The number of carbonyl (C=O) groups excluding carboxylic acids is 1. The molecule has 0 aromatic heterocycles. The lowest BCUT2D eigenvalue weighted by Crippen LogP contribution is -2.42. The van der Waals surface area contributed by atoms with Crippen LogP contribution in [0.2, 0.25) is 0 Å². The summed E-state index contributed by atoms with van der Waals surface area (Å²) in [5.41, 5.74) is 0. The maximum atomic E-state index is 10.6. The van der Waals surface area contributed by atoms with Crippen LogP contribution in [0.5, 0.6) is 0 Å². The van der Waals surface area contributed by atoms with Gasteiger partial charge in [0.1, 0.15) is 0 Å². The van der Waals surface area contributed by atoms with Gasteiger partial charge in [-0.25, -0.2) is 4.79 Å². The fourth-order valence-electron chi connectivity index (χ4n) is 1.11. The van der Waals surface area contributed by atoms with Crippen LogP contribution in [0, 0.1) is 5.92 Å². The number of amides is 1. The zero-order valence-corrected chi connectivity index (χ0v) is 6.31. The van der Waals surface area contributed by atoms with E-state index in [9.17, 15) is 4.79 Å². The Morgan fingerprint density at radius 3 is 2.70 bits per heavy atom. The first-order chi connectivity index (χ1) is 4.72. The van der Waals surface area contributed by atoms with E-state index >= 15 is 0 Å². The molecule has 0 heterocycles. The van der Waals surface area contributed by atoms with E-state index < -0.39 is 0 Å². The summed E-state index contributed by atoms with van der Waals surface area (Å²) in [5, 5.41) is 2.71. The van der Waals surface area contributed by atoms with Crippen LogP contribution < -0.4 is 5.32 Å². The van der Waals surface area contributed by atoms with Crippen molar-refractivity contribution in [3.8, 4) is 0 Å². The number of hydrogen-bond donors (Lipinski definition) is 1. The van der Waals surface area contributed by atoms with Crippen LogP contribution in [0.25, 0.3) is 0 Å². The van der Waals surface area contributed by atoms with Crippen molar-refractivity contribution < 1.29 is 9.53 Å². The predicted octanol–water partition coefficient (Wildman–Crippen LogP) is 1.10. The highest BCUT2D eigenvalue weighted by Crippen LogP contribution is 2.28. The summed E-state index contributed by atoms with van der Waals surface area (Å²) in [6, 6.07) is 0.326. The summed E-state index contributed by atoms with van der Waals surface area (Å²) in [4.78, 5) is 10.6. The van der Waals surface area contributed by atoms with Gasteiger partial charge in [-0.05, 0) is 18.8 Å². The average Bonchev–Trinajstić information content (AvgIpc) is 1.84. The molecule has 0 atom stereocenters. The Hall–Kier alpha value is -0.730. The van der Waals surface area contributed by atoms with Gasteiger partial charge in [0.2, 0.25) is 0 Å². The summed E-state index contributed by atoms with van der Waals surface area (Å²) in [6.45, 7) is 2.09. The third kappa shape index (κ3) is 1.62. The van der Waals surface area contributed by atoms with E-state index in [0.717, 1.165) is 12.8 Å². The number of ether oxygens (including phenoxy) is 1. The van der Waals surface area contributed by atoms with Crippen molar-refractivity contribution in [3.05, 3.63) is 5.92 Å². The third-order valence-electron chi connectivity index (χ3n) is 1.70. The van der Waals surface area contributed by atoms with E-state index in [-0.39, 0.29) is 6.09 Å². The quantitative estimate of drug-likeness (QED) is 0.595. The highest BCUT2D eigenvalue weighted by Gasteiger charge is 2.26. The van der Waals surface area contributed by atoms with Crippen molar-refractivity contribution in [3.63, 3.8) is 0 Å². The molecule has 10 heavy (non-hydrogen) atoms. The molecule has 57 valence electrons. The molecular formula is C7H12NO2. The molecule has 0 bridgehead atoms. The Morgan fingerprint density at radius 2 is 2.30 bits per heavy atom. The molecule has 1 saturated carbocycles. The molecule has 1 amide bonds. The smallest absolute Gasteiger partial charge is 0.407 e. The molecule has 3 heteroatoms. The van der Waals surface area contributed by atoms with Crippen LogP contribution in [0.4, 0.5) is 4.79 Å². The van der Waals surface area contributed by atoms with E-state index in [4.69, 9.17) is 0 Å². The van der Waals surface area contributed by atoms with E-state index in [2.05, 4.69) is 17.0 Å². The van der Waals surface area contributed by atoms with Gasteiger partial charge in [-0.1, -0.05) is 6.92 Å². The minimum absolute atomic E-state index is 0.322. The number of nitrogens with one attached hydrogen (secondary N) is 1. The Bertz CT molecular complexity index is 130. The van der Waals surface area contributed by atoms with Crippen LogP contribution >= 0.6 is 0 Å². The van der Waals surface area contributed by atoms with Gasteiger partial charge in [-0.3, -0.25) is 0 Å². The van der Waals surface area contributed by atoms with E-state index in [1.54, 1.807) is 0 Å². The maximum Gasteiger partial charge on any atom is 0.407 e. The maximum absolute atomic E-state index is 10.6. The summed E-state index contributed by atoms with van der Waals surface area (Å²) in [7, 11) is 1.38. The summed E-state index contributed by atoms with van der Waals surface area (Å²) < 4.78 is 4.43. The standard InChI is InChI=1S/C7H12NO2/c1-5-3-6(4-5)8-7(9)10-2/h6H,3-4H2,1-2H3,(H,8,9). The third-order valence-corrected chi connectivity index (χ3v) is 1.70. The second-order valence-corrected chi connectivity index (χ2v) is 2.70. The second kappa shape index (κ2) is 2.90. The minimum atomic E-state index is -0.322. The molecule has 1 N–H and O–H groups in total. The van der Waals surface area contributed by atoms with Gasteiger partial charge in [0, 0.05) is 6.04 Å². The van der Waals surface area contributed by atoms with Crippen LogP contribution in [0.15, 0.2) is 0 Å². The summed E-state index contributed by atoms with van der Waals surface area (Å²) >= 11 is 0. The number of alkyl carbamates (subject to hydrolysis) is 1. The molecule has 1 rings (SSSR count). The molecule has 0 unspecified atom stereocenters. The predicted molar refractivity (Wildman–Crippen MR) is 37.5 cm³/mol. The Balaban J connectivity index is 2.10. The number of carbonyl (C=O) groups is 1. The largest absolute Gasteiger partial charge is 0.453 e. The van der Waals surface area contributed by atoms with Crippen LogP contribution in [0.3, 0.4) is 0 Å². The van der Waals surface area contributed by atoms with Crippen molar-refractivity contribution in [2.45, 2.75) is 25.8 Å². The van der Waals surface area contributed by atoms with E-state index in [0.29, 0.717) is 6.04 Å². The fourth-order valence-corrected chi connectivity index (χ4v) is 1.11. The van der Waals surface area contributed by atoms with Crippen LogP contribution in [-0.4, -0.2) is 19.2 Å². The number of rotatable bonds is 1. The first-order valence-electron chi connectivity index (χ1n) is 3.38. The van der Waals surface area contributed by atoms with Gasteiger partial charge in [0.25, 0.3) is 0 Å². The SMILES string of the molecule is COC(=O)NC1C[C](C)C1. The molecule has 1 aliphatic rings. The summed E-state index contributed by atoms with van der Waals surface area (Å²) in [6.07, 6.45) is 1.70. The van der Waals surface area contributed by atoms with Crippen molar-refractivity contribution in [1.82, 2.24) is 5.32 Å². The molecule has 0 aromatic carbocycles. The number of hydrogen-bond acceptors (Lipinski definition) is 2. The zero-order valence-electron chi connectivity index (χ0n) is 6.31. The number of methoxy groups -OCH3 is 1. The van der Waals surface area contributed by atoms with Crippen molar-refractivity contribution >= 4 is 6.09 Å². The normalized spacial score (nSPS) is 19.8. The Labute approximate surface area is 60.7 Å². The molecule has 1 fully saturated rings. The van der Waals surface area contributed by atoms with E-state index in [1.807, 2.05) is 0 Å². The fraction of sp³-hybridized carbons (Fsp3) is 0.714. The van der Waals surface area contributed by atoms with Crippen molar-refractivity contribution in [2.24, 2.45) is 0 Å². The molecular weight excluding hydrogens is 130 g/mol. The van der Waals surface area contributed by atoms with Gasteiger partial charge in [-0.2, -0.15) is 0 Å².